The predicted molar refractivity (Wildman–Crippen MR) is 108 cm³/mol. The van der Waals surface area contributed by atoms with E-state index in [1.165, 1.54) is 48.4 Å². The second-order valence-corrected chi connectivity index (χ2v) is 6.96. The zero-order valence-electron chi connectivity index (χ0n) is 15.8. The molecule has 0 saturated carbocycles. The monoisotopic (exact) mass is 368 g/mol. The highest BCUT2D eigenvalue weighted by Crippen LogP contribution is 2.27. The molecule has 0 spiro atoms. The number of alkyl halides is 2. The van der Waals surface area contributed by atoms with Crippen molar-refractivity contribution < 1.29 is 13.5 Å². The van der Waals surface area contributed by atoms with E-state index >= 15 is 0 Å². The van der Waals surface area contributed by atoms with Crippen molar-refractivity contribution in [3.8, 4) is 16.9 Å². The minimum Gasteiger partial charge on any atom is -0.435 e. The maximum Gasteiger partial charge on any atom is 0.387 e. The van der Waals surface area contributed by atoms with Gasteiger partial charge in [-0.1, -0.05) is 75.1 Å². The fraction of sp³-hybridized carbons (Fsp3) is 0.333. The van der Waals surface area contributed by atoms with Gasteiger partial charge in [-0.25, -0.2) is 0 Å². The number of aryl methyl sites for hydroxylation is 1. The Hall–Kier alpha value is -2.42. The summed E-state index contributed by atoms with van der Waals surface area (Å²) in [4.78, 5) is 0. The molecule has 142 valence electrons. The molecule has 0 aromatic heterocycles. The summed E-state index contributed by atoms with van der Waals surface area (Å²) in [5.41, 5.74) is 3.44. The number of hydrogen-bond donors (Lipinski definition) is 0. The van der Waals surface area contributed by atoms with Gasteiger partial charge < -0.3 is 4.74 Å². The molecular weight excluding hydrogens is 342 g/mol. The van der Waals surface area contributed by atoms with Crippen LogP contribution in [0, 0.1) is 0 Å². The Morgan fingerprint density at radius 1 is 0.741 bits per heavy atom. The standard InChI is InChI=1S/C24H26F2O/c1-2-3-4-5-6-7-18-8-9-22-17-21(11-10-20(22)16-18)19-12-14-23(15-13-19)27-24(25)26/h8-17,24H,2-7H2,1H3. The van der Waals surface area contributed by atoms with E-state index in [2.05, 4.69) is 48.1 Å². The van der Waals surface area contributed by atoms with E-state index in [1.54, 1.807) is 12.1 Å². The van der Waals surface area contributed by atoms with Gasteiger partial charge in [-0.05, 0) is 58.5 Å². The van der Waals surface area contributed by atoms with Crippen molar-refractivity contribution in [2.75, 3.05) is 0 Å². The van der Waals surface area contributed by atoms with Gasteiger partial charge in [-0.3, -0.25) is 0 Å². The van der Waals surface area contributed by atoms with E-state index in [0.717, 1.165) is 17.5 Å². The number of benzene rings is 3. The van der Waals surface area contributed by atoms with Crippen molar-refractivity contribution in [2.24, 2.45) is 0 Å². The smallest absolute Gasteiger partial charge is 0.387 e. The van der Waals surface area contributed by atoms with Crippen LogP contribution in [0.1, 0.15) is 44.6 Å². The summed E-state index contributed by atoms with van der Waals surface area (Å²) >= 11 is 0. The van der Waals surface area contributed by atoms with E-state index in [0.29, 0.717) is 0 Å². The Morgan fingerprint density at radius 2 is 1.41 bits per heavy atom. The minimum absolute atomic E-state index is 0.179. The maximum atomic E-state index is 12.3. The lowest BCUT2D eigenvalue weighted by Gasteiger charge is -2.08. The molecule has 3 aromatic rings. The summed E-state index contributed by atoms with van der Waals surface area (Å²) in [6.07, 6.45) is 7.62. The molecule has 0 saturated heterocycles. The van der Waals surface area contributed by atoms with E-state index in [1.807, 2.05) is 12.1 Å². The van der Waals surface area contributed by atoms with Crippen molar-refractivity contribution in [2.45, 2.75) is 52.1 Å². The first kappa shape index (κ1) is 19.3. The number of fused-ring (bicyclic) bond motifs is 1. The summed E-state index contributed by atoms with van der Waals surface area (Å²) in [6, 6.07) is 19.8. The molecule has 3 rings (SSSR count). The molecule has 0 aliphatic carbocycles. The number of rotatable bonds is 9. The van der Waals surface area contributed by atoms with Crippen LogP contribution >= 0.6 is 0 Å². The Morgan fingerprint density at radius 3 is 2.15 bits per heavy atom. The van der Waals surface area contributed by atoms with Crippen molar-refractivity contribution >= 4 is 10.8 Å². The van der Waals surface area contributed by atoms with Crippen molar-refractivity contribution in [1.82, 2.24) is 0 Å². The van der Waals surface area contributed by atoms with Gasteiger partial charge >= 0.3 is 6.61 Å². The summed E-state index contributed by atoms with van der Waals surface area (Å²) in [5.74, 6) is 0.179. The van der Waals surface area contributed by atoms with Gasteiger partial charge in [-0.15, -0.1) is 0 Å². The Bertz CT molecular complexity index is 856. The molecule has 0 atom stereocenters. The van der Waals surface area contributed by atoms with E-state index in [-0.39, 0.29) is 5.75 Å². The van der Waals surface area contributed by atoms with Crippen molar-refractivity contribution in [1.29, 1.82) is 0 Å². The highest BCUT2D eigenvalue weighted by atomic mass is 19.3. The normalized spacial score (nSPS) is 11.3. The number of ether oxygens (including phenoxy) is 1. The van der Waals surface area contributed by atoms with Gasteiger partial charge in [0.2, 0.25) is 0 Å². The topological polar surface area (TPSA) is 9.23 Å². The molecule has 27 heavy (non-hydrogen) atoms. The molecule has 0 N–H and O–H groups in total. The Labute approximate surface area is 160 Å². The quantitative estimate of drug-likeness (QED) is 0.353. The number of unbranched alkanes of at least 4 members (excludes halogenated alkanes) is 4. The van der Waals surface area contributed by atoms with Gasteiger partial charge in [0, 0.05) is 0 Å². The Kier molecular flexibility index (Phi) is 6.80. The summed E-state index contributed by atoms with van der Waals surface area (Å²) < 4.78 is 28.9. The molecule has 0 radical (unpaired) electrons. The van der Waals surface area contributed by atoms with Crippen LogP contribution in [-0.2, 0) is 6.42 Å². The molecule has 0 heterocycles. The van der Waals surface area contributed by atoms with Crippen LogP contribution < -0.4 is 4.74 Å². The third kappa shape index (κ3) is 5.53. The van der Waals surface area contributed by atoms with Gasteiger partial charge in [0.25, 0.3) is 0 Å². The summed E-state index contributed by atoms with van der Waals surface area (Å²) in [6.45, 7) is -0.555. The van der Waals surface area contributed by atoms with Crippen LogP contribution in [0.2, 0.25) is 0 Å². The first-order valence-corrected chi connectivity index (χ1v) is 9.73. The van der Waals surface area contributed by atoms with E-state index < -0.39 is 6.61 Å². The molecular formula is C24H26F2O. The number of halogens is 2. The lowest BCUT2D eigenvalue weighted by atomic mass is 9.98. The molecule has 0 aliphatic heterocycles. The van der Waals surface area contributed by atoms with Crippen LogP contribution in [0.5, 0.6) is 5.75 Å². The average Bonchev–Trinajstić information content (AvgIpc) is 2.67. The molecule has 0 aliphatic rings. The van der Waals surface area contributed by atoms with Crippen LogP contribution in [0.25, 0.3) is 21.9 Å². The van der Waals surface area contributed by atoms with E-state index in [4.69, 9.17) is 0 Å². The first-order chi connectivity index (χ1) is 13.2. The van der Waals surface area contributed by atoms with Crippen LogP contribution in [0.3, 0.4) is 0 Å². The third-order valence-electron chi connectivity index (χ3n) is 4.89. The molecule has 0 unspecified atom stereocenters. The summed E-state index contributed by atoms with van der Waals surface area (Å²) in [5, 5.41) is 2.43. The second kappa shape index (κ2) is 9.50. The number of hydrogen-bond acceptors (Lipinski definition) is 1. The zero-order valence-corrected chi connectivity index (χ0v) is 15.8. The lowest BCUT2D eigenvalue weighted by Crippen LogP contribution is -2.01. The second-order valence-electron chi connectivity index (χ2n) is 6.96. The van der Waals surface area contributed by atoms with Gasteiger partial charge in [0.15, 0.2) is 0 Å². The van der Waals surface area contributed by atoms with Crippen molar-refractivity contribution in [3.63, 3.8) is 0 Å². The summed E-state index contributed by atoms with van der Waals surface area (Å²) in [7, 11) is 0. The fourth-order valence-electron chi connectivity index (χ4n) is 3.39. The van der Waals surface area contributed by atoms with Gasteiger partial charge in [-0.2, -0.15) is 8.78 Å². The minimum atomic E-state index is -2.79. The van der Waals surface area contributed by atoms with Crippen LogP contribution in [0.15, 0.2) is 60.7 Å². The molecule has 0 amide bonds. The fourth-order valence-corrected chi connectivity index (χ4v) is 3.39. The first-order valence-electron chi connectivity index (χ1n) is 9.73. The SMILES string of the molecule is CCCCCCCc1ccc2cc(-c3ccc(OC(F)F)cc3)ccc2c1. The van der Waals surface area contributed by atoms with Crippen molar-refractivity contribution in [3.05, 3.63) is 66.2 Å². The maximum absolute atomic E-state index is 12.3. The zero-order chi connectivity index (χ0) is 19.1. The van der Waals surface area contributed by atoms with Crippen LogP contribution in [0.4, 0.5) is 8.78 Å². The highest BCUT2D eigenvalue weighted by molar-refractivity contribution is 5.87. The van der Waals surface area contributed by atoms with Gasteiger partial charge in [0.05, 0.1) is 0 Å². The molecule has 1 nitrogen and oxygen atoms in total. The molecule has 3 aromatic carbocycles. The van der Waals surface area contributed by atoms with Crippen LogP contribution in [-0.4, -0.2) is 6.61 Å². The predicted octanol–water partition coefficient (Wildman–Crippen LogP) is 7.62. The van der Waals surface area contributed by atoms with E-state index in [9.17, 15) is 8.78 Å². The molecule has 0 bridgehead atoms. The van der Waals surface area contributed by atoms with Gasteiger partial charge in [0.1, 0.15) is 5.75 Å². The Balaban J connectivity index is 1.69. The third-order valence-corrected chi connectivity index (χ3v) is 4.89. The lowest BCUT2D eigenvalue weighted by molar-refractivity contribution is -0.0498. The molecule has 0 fully saturated rings. The average molecular weight is 368 g/mol. The largest absolute Gasteiger partial charge is 0.435 e. The molecule has 3 heteroatoms. The highest BCUT2D eigenvalue weighted by Gasteiger charge is 2.05.